The van der Waals surface area contributed by atoms with E-state index in [2.05, 4.69) is 5.16 Å². The third-order valence-electron chi connectivity index (χ3n) is 2.09. The van der Waals surface area contributed by atoms with Gasteiger partial charge in [-0.05, 0) is 12.1 Å². The smallest absolute Gasteiger partial charge is 0.142 e. The van der Waals surface area contributed by atoms with Gasteiger partial charge < -0.3 is 20.6 Å². The van der Waals surface area contributed by atoms with Crippen LogP contribution in [0.25, 0.3) is 0 Å². The standard InChI is InChI=1S/C11H17N3O2/c1-14(2)9-4-3-5-10(8-9)16-7-6-11(12)13-15/h3-5,8,15H,6-7H2,1-2H3,(H2,12,13). The van der Waals surface area contributed by atoms with Gasteiger partial charge in [0.25, 0.3) is 0 Å². The maximum Gasteiger partial charge on any atom is 0.142 e. The number of hydrogen-bond donors (Lipinski definition) is 2. The lowest BCUT2D eigenvalue weighted by Gasteiger charge is -2.13. The fourth-order valence-electron chi connectivity index (χ4n) is 1.17. The quantitative estimate of drug-likeness (QED) is 0.341. The van der Waals surface area contributed by atoms with E-state index in [1.54, 1.807) is 0 Å². The number of ether oxygens (including phenoxy) is 1. The third kappa shape index (κ3) is 3.68. The number of rotatable bonds is 5. The van der Waals surface area contributed by atoms with Gasteiger partial charge in [-0.3, -0.25) is 0 Å². The van der Waals surface area contributed by atoms with Crippen LogP contribution in [0.5, 0.6) is 5.75 Å². The van der Waals surface area contributed by atoms with E-state index < -0.39 is 0 Å². The van der Waals surface area contributed by atoms with Crippen LogP contribution < -0.4 is 15.4 Å². The molecule has 0 fully saturated rings. The zero-order valence-electron chi connectivity index (χ0n) is 9.55. The topological polar surface area (TPSA) is 71.1 Å². The molecule has 0 aliphatic rings. The van der Waals surface area contributed by atoms with E-state index in [-0.39, 0.29) is 5.84 Å². The van der Waals surface area contributed by atoms with Gasteiger partial charge >= 0.3 is 0 Å². The summed E-state index contributed by atoms with van der Waals surface area (Å²) < 4.78 is 5.47. The molecular weight excluding hydrogens is 206 g/mol. The van der Waals surface area contributed by atoms with E-state index in [1.807, 2.05) is 43.3 Å². The average Bonchev–Trinajstić information content (AvgIpc) is 2.29. The van der Waals surface area contributed by atoms with Gasteiger partial charge in [0.2, 0.25) is 0 Å². The van der Waals surface area contributed by atoms with Crippen molar-refractivity contribution in [2.45, 2.75) is 6.42 Å². The van der Waals surface area contributed by atoms with Gasteiger partial charge in [0.15, 0.2) is 0 Å². The summed E-state index contributed by atoms with van der Waals surface area (Å²) in [6.45, 7) is 0.396. The predicted molar refractivity (Wildman–Crippen MR) is 64.3 cm³/mol. The van der Waals surface area contributed by atoms with Crippen LogP contribution >= 0.6 is 0 Å². The lowest BCUT2D eigenvalue weighted by atomic mass is 10.3. The predicted octanol–water partition coefficient (Wildman–Crippen LogP) is 1.27. The van der Waals surface area contributed by atoms with E-state index in [1.165, 1.54) is 0 Å². The zero-order valence-corrected chi connectivity index (χ0v) is 9.55. The molecule has 88 valence electrons. The third-order valence-corrected chi connectivity index (χ3v) is 2.09. The minimum atomic E-state index is 0.170. The van der Waals surface area contributed by atoms with Gasteiger partial charge in [0, 0.05) is 32.3 Å². The Morgan fingerprint density at radius 2 is 2.25 bits per heavy atom. The molecule has 0 bridgehead atoms. The van der Waals surface area contributed by atoms with Crippen LogP contribution in [0.2, 0.25) is 0 Å². The highest BCUT2D eigenvalue weighted by Crippen LogP contribution is 2.19. The van der Waals surface area contributed by atoms with Crippen molar-refractivity contribution >= 4 is 11.5 Å². The Morgan fingerprint density at radius 3 is 2.88 bits per heavy atom. The number of amidine groups is 1. The van der Waals surface area contributed by atoms with Crippen molar-refractivity contribution in [1.82, 2.24) is 0 Å². The summed E-state index contributed by atoms with van der Waals surface area (Å²) in [5.41, 5.74) is 6.40. The van der Waals surface area contributed by atoms with Crippen LogP contribution in [0.1, 0.15) is 6.42 Å². The largest absolute Gasteiger partial charge is 0.493 e. The highest BCUT2D eigenvalue weighted by molar-refractivity contribution is 5.79. The molecule has 0 spiro atoms. The van der Waals surface area contributed by atoms with Crippen molar-refractivity contribution in [3.05, 3.63) is 24.3 Å². The molecule has 0 aliphatic carbocycles. The van der Waals surface area contributed by atoms with Crippen molar-refractivity contribution in [1.29, 1.82) is 0 Å². The van der Waals surface area contributed by atoms with Crippen LogP contribution in [0.4, 0.5) is 5.69 Å². The zero-order chi connectivity index (χ0) is 12.0. The molecule has 16 heavy (non-hydrogen) atoms. The van der Waals surface area contributed by atoms with Crippen LogP contribution in [0.3, 0.4) is 0 Å². The molecule has 0 aromatic heterocycles. The van der Waals surface area contributed by atoms with E-state index in [4.69, 9.17) is 15.7 Å². The lowest BCUT2D eigenvalue weighted by molar-refractivity contribution is 0.305. The summed E-state index contributed by atoms with van der Waals surface area (Å²) >= 11 is 0. The molecular formula is C11H17N3O2. The van der Waals surface area contributed by atoms with Gasteiger partial charge in [-0.25, -0.2) is 0 Å². The van der Waals surface area contributed by atoms with Crippen molar-refractivity contribution in [2.24, 2.45) is 10.9 Å². The number of anilines is 1. The van der Waals surface area contributed by atoms with Crippen molar-refractivity contribution in [3.8, 4) is 5.75 Å². The molecule has 3 N–H and O–H groups in total. The number of hydrogen-bond acceptors (Lipinski definition) is 4. The van der Waals surface area contributed by atoms with Crippen molar-refractivity contribution in [3.63, 3.8) is 0 Å². The second kappa shape index (κ2) is 5.85. The summed E-state index contributed by atoms with van der Waals surface area (Å²) in [4.78, 5) is 2.00. The number of benzene rings is 1. The second-order valence-corrected chi connectivity index (χ2v) is 3.58. The first-order chi connectivity index (χ1) is 7.63. The Hall–Kier alpha value is -1.91. The van der Waals surface area contributed by atoms with Gasteiger partial charge in [0.1, 0.15) is 11.6 Å². The summed E-state index contributed by atoms with van der Waals surface area (Å²) in [7, 11) is 3.94. The normalized spacial score (nSPS) is 11.2. The minimum Gasteiger partial charge on any atom is -0.493 e. The van der Waals surface area contributed by atoms with Gasteiger partial charge in [-0.1, -0.05) is 11.2 Å². The molecule has 0 unspecified atom stereocenters. The highest BCUT2D eigenvalue weighted by Gasteiger charge is 1.99. The van der Waals surface area contributed by atoms with Gasteiger partial charge in [-0.2, -0.15) is 0 Å². The van der Waals surface area contributed by atoms with E-state index in [0.717, 1.165) is 11.4 Å². The first-order valence-corrected chi connectivity index (χ1v) is 5.00. The van der Waals surface area contributed by atoms with Crippen molar-refractivity contribution < 1.29 is 9.94 Å². The van der Waals surface area contributed by atoms with Crippen LogP contribution in [0, 0.1) is 0 Å². The average molecular weight is 223 g/mol. The Kier molecular flexibility index (Phi) is 4.44. The number of nitrogens with zero attached hydrogens (tertiary/aromatic N) is 2. The Balaban J connectivity index is 2.51. The molecule has 0 radical (unpaired) electrons. The monoisotopic (exact) mass is 223 g/mol. The molecule has 0 saturated carbocycles. The van der Waals surface area contributed by atoms with Crippen LogP contribution in [-0.2, 0) is 0 Å². The summed E-state index contributed by atoms with van der Waals surface area (Å²) in [5.74, 6) is 0.945. The van der Waals surface area contributed by atoms with Crippen molar-refractivity contribution in [2.75, 3.05) is 25.6 Å². The molecule has 0 amide bonds. The fourth-order valence-corrected chi connectivity index (χ4v) is 1.17. The minimum absolute atomic E-state index is 0.170. The van der Waals surface area contributed by atoms with E-state index >= 15 is 0 Å². The molecule has 5 heteroatoms. The molecule has 0 heterocycles. The number of oxime groups is 1. The first kappa shape index (κ1) is 12.2. The second-order valence-electron chi connectivity index (χ2n) is 3.58. The molecule has 5 nitrogen and oxygen atoms in total. The molecule has 0 atom stereocenters. The maximum absolute atomic E-state index is 8.35. The fraction of sp³-hybridized carbons (Fsp3) is 0.364. The van der Waals surface area contributed by atoms with E-state index in [9.17, 15) is 0 Å². The highest BCUT2D eigenvalue weighted by atomic mass is 16.5. The Morgan fingerprint density at radius 1 is 1.50 bits per heavy atom. The summed E-state index contributed by atoms with van der Waals surface area (Å²) in [5, 5.41) is 11.2. The van der Waals surface area contributed by atoms with Crippen LogP contribution in [0.15, 0.2) is 29.4 Å². The number of nitrogens with two attached hydrogens (primary N) is 1. The molecule has 1 rings (SSSR count). The lowest BCUT2D eigenvalue weighted by Crippen LogP contribution is -2.15. The first-order valence-electron chi connectivity index (χ1n) is 5.00. The summed E-state index contributed by atoms with van der Waals surface area (Å²) in [6, 6.07) is 7.73. The Labute approximate surface area is 95.1 Å². The van der Waals surface area contributed by atoms with Gasteiger partial charge in [0.05, 0.1) is 6.61 Å². The van der Waals surface area contributed by atoms with E-state index in [0.29, 0.717) is 13.0 Å². The summed E-state index contributed by atoms with van der Waals surface area (Å²) in [6.07, 6.45) is 0.405. The maximum atomic E-state index is 8.35. The molecule has 1 aromatic carbocycles. The molecule has 0 aliphatic heterocycles. The van der Waals surface area contributed by atoms with Crippen LogP contribution in [-0.4, -0.2) is 31.7 Å². The molecule has 0 saturated heterocycles. The Bertz CT molecular complexity index is 364. The van der Waals surface area contributed by atoms with Gasteiger partial charge in [-0.15, -0.1) is 0 Å². The SMILES string of the molecule is CN(C)c1cccc(OCC/C(N)=N/O)c1. The molecule has 1 aromatic rings.